The lowest BCUT2D eigenvalue weighted by molar-refractivity contribution is -0.128. The fraction of sp³-hybridized carbons (Fsp3) is 0.385. The number of nitrogens with one attached hydrogen (secondary N) is 1. The Morgan fingerprint density at radius 2 is 1.74 bits per heavy atom. The van der Waals surface area contributed by atoms with Gasteiger partial charge in [0.1, 0.15) is 5.54 Å². The third-order valence-corrected chi connectivity index (χ3v) is 3.39. The molecule has 2 rings (SSSR count). The van der Waals surface area contributed by atoms with E-state index in [1.165, 1.54) is 4.90 Å². The van der Waals surface area contributed by atoms with E-state index in [0.717, 1.165) is 0 Å². The van der Waals surface area contributed by atoms with Crippen LogP contribution in [0.1, 0.15) is 20.3 Å². The number of benzene rings is 1. The summed E-state index contributed by atoms with van der Waals surface area (Å²) in [7, 11) is 0. The molecular weight excluding hydrogens is 287 g/mol. The van der Waals surface area contributed by atoms with E-state index in [1.54, 1.807) is 32.0 Å². The van der Waals surface area contributed by atoms with E-state index >= 15 is 0 Å². The summed E-state index contributed by atoms with van der Waals surface area (Å²) >= 11 is 11.9. The first-order valence-electron chi connectivity index (χ1n) is 5.89. The van der Waals surface area contributed by atoms with Gasteiger partial charge in [0.25, 0.3) is 5.91 Å². The van der Waals surface area contributed by atoms with Crippen LogP contribution in [-0.2, 0) is 9.59 Å². The molecule has 6 heteroatoms. The van der Waals surface area contributed by atoms with Gasteiger partial charge < -0.3 is 10.2 Å². The molecule has 0 aliphatic carbocycles. The first-order valence-corrected chi connectivity index (χ1v) is 6.64. The third kappa shape index (κ3) is 3.01. The fourth-order valence-corrected chi connectivity index (χ4v) is 2.57. The number of hydrogen-bond donors (Lipinski definition) is 1. The van der Waals surface area contributed by atoms with Crippen LogP contribution >= 0.6 is 23.2 Å². The highest BCUT2D eigenvalue weighted by Gasteiger charge is 2.37. The average molecular weight is 301 g/mol. The molecule has 1 aromatic carbocycles. The minimum Gasteiger partial charge on any atom is -0.342 e. The van der Waals surface area contributed by atoms with Crippen LogP contribution in [0.5, 0.6) is 0 Å². The first kappa shape index (κ1) is 14.2. The van der Waals surface area contributed by atoms with Crippen molar-refractivity contribution < 1.29 is 9.59 Å². The van der Waals surface area contributed by atoms with Gasteiger partial charge in [0.15, 0.2) is 0 Å². The number of halogens is 2. The molecule has 1 aliphatic rings. The van der Waals surface area contributed by atoms with Gasteiger partial charge in [0, 0.05) is 28.7 Å². The van der Waals surface area contributed by atoms with E-state index in [-0.39, 0.29) is 18.2 Å². The number of rotatable bonds is 1. The molecule has 4 nitrogen and oxygen atoms in total. The minimum absolute atomic E-state index is 0.144. The van der Waals surface area contributed by atoms with Crippen molar-refractivity contribution in [2.45, 2.75) is 25.8 Å². The predicted octanol–water partition coefficient (Wildman–Crippen LogP) is 2.62. The molecule has 0 unspecified atom stereocenters. The Kier molecular flexibility index (Phi) is 3.74. The maximum Gasteiger partial charge on any atom is 0.252 e. The molecule has 0 saturated carbocycles. The number of hydrogen-bond acceptors (Lipinski definition) is 2. The molecule has 0 radical (unpaired) electrons. The van der Waals surface area contributed by atoms with Crippen molar-refractivity contribution in [1.29, 1.82) is 0 Å². The summed E-state index contributed by atoms with van der Waals surface area (Å²) in [5.41, 5.74) is -0.338. The van der Waals surface area contributed by atoms with Crippen molar-refractivity contribution in [2.24, 2.45) is 0 Å². The van der Waals surface area contributed by atoms with Crippen molar-refractivity contribution >= 4 is 40.7 Å². The number of carbonyl (C=O) groups is 2. The topological polar surface area (TPSA) is 49.4 Å². The molecule has 1 aliphatic heterocycles. The van der Waals surface area contributed by atoms with Gasteiger partial charge in [-0.05, 0) is 32.0 Å². The zero-order valence-electron chi connectivity index (χ0n) is 10.7. The molecule has 19 heavy (non-hydrogen) atoms. The van der Waals surface area contributed by atoms with Crippen molar-refractivity contribution in [3.05, 3.63) is 28.2 Å². The Labute approximate surface area is 121 Å². The highest BCUT2D eigenvalue weighted by molar-refractivity contribution is 6.35. The zero-order chi connectivity index (χ0) is 14.2. The molecule has 102 valence electrons. The Hall–Kier alpha value is -1.26. The fourth-order valence-electron chi connectivity index (χ4n) is 2.06. The lowest BCUT2D eigenvalue weighted by atomic mass is 10.0. The molecule has 1 aromatic rings. The number of amides is 2. The quantitative estimate of drug-likeness (QED) is 0.867. The van der Waals surface area contributed by atoms with Crippen LogP contribution in [0.3, 0.4) is 0 Å². The van der Waals surface area contributed by atoms with Gasteiger partial charge in [-0.1, -0.05) is 23.2 Å². The van der Waals surface area contributed by atoms with Gasteiger partial charge in [-0.25, -0.2) is 0 Å². The largest absolute Gasteiger partial charge is 0.342 e. The molecule has 1 saturated heterocycles. The summed E-state index contributed by atoms with van der Waals surface area (Å²) in [5, 5.41) is 3.61. The maximum atomic E-state index is 12.5. The summed E-state index contributed by atoms with van der Waals surface area (Å²) in [6.07, 6.45) is 0.249. The van der Waals surface area contributed by atoms with Crippen LogP contribution in [0.15, 0.2) is 18.2 Å². The van der Waals surface area contributed by atoms with Crippen molar-refractivity contribution in [3.63, 3.8) is 0 Å². The molecule has 1 fully saturated rings. The summed E-state index contributed by atoms with van der Waals surface area (Å²) in [5.74, 6) is -0.328. The summed E-state index contributed by atoms with van der Waals surface area (Å²) < 4.78 is 0. The molecule has 1 N–H and O–H groups in total. The number of nitrogens with zero attached hydrogens (tertiary/aromatic N) is 1. The van der Waals surface area contributed by atoms with Crippen LogP contribution in [0.25, 0.3) is 0 Å². The van der Waals surface area contributed by atoms with Crippen LogP contribution in [0, 0.1) is 0 Å². The Morgan fingerprint density at radius 3 is 2.32 bits per heavy atom. The van der Waals surface area contributed by atoms with Crippen molar-refractivity contribution in [1.82, 2.24) is 5.32 Å². The molecule has 0 spiro atoms. The summed E-state index contributed by atoms with van der Waals surface area (Å²) in [4.78, 5) is 25.6. The van der Waals surface area contributed by atoms with E-state index in [2.05, 4.69) is 5.32 Å². The van der Waals surface area contributed by atoms with Crippen molar-refractivity contribution in [3.8, 4) is 0 Å². The van der Waals surface area contributed by atoms with E-state index in [1.807, 2.05) is 0 Å². The molecule has 0 bridgehead atoms. The molecule has 2 amide bonds. The number of carbonyl (C=O) groups excluding carboxylic acids is 2. The van der Waals surface area contributed by atoms with Gasteiger partial charge in [-0.15, -0.1) is 0 Å². The zero-order valence-corrected chi connectivity index (χ0v) is 12.2. The van der Waals surface area contributed by atoms with E-state index in [4.69, 9.17) is 23.2 Å². The minimum atomic E-state index is -0.942. The van der Waals surface area contributed by atoms with Crippen LogP contribution < -0.4 is 10.2 Å². The Balaban J connectivity index is 2.42. The molecule has 1 heterocycles. The third-order valence-electron chi connectivity index (χ3n) is 2.95. The second kappa shape index (κ2) is 5.02. The molecule has 0 aromatic heterocycles. The van der Waals surface area contributed by atoms with Crippen LogP contribution in [-0.4, -0.2) is 23.9 Å². The van der Waals surface area contributed by atoms with E-state index in [9.17, 15) is 9.59 Å². The van der Waals surface area contributed by atoms with E-state index < -0.39 is 5.54 Å². The highest BCUT2D eigenvalue weighted by Crippen LogP contribution is 2.28. The second-order valence-electron chi connectivity index (χ2n) is 5.01. The van der Waals surface area contributed by atoms with Gasteiger partial charge in [0.05, 0.1) is 0 Å². The van der Waals surface area contributed by atoms with Crippen LogP contribution in [0.4, 0.5) is 5.69 Å². The smallest absolute Gasteiger partial charge is 0.252 e. The van der Waals surface area contributed by atoms with Crippen LogP contribution in [0.2, 0.25) is 10.0 Å². The Bertz CT molecular complexity index is 523. The van der Waals surface area contributed by atoms with Gasteiger partial charge in [-0.3, -0.25) is 9.59 Å². The summed E-state index contributed by atoms with van der Waals surface area (Å²) in [6.45, 7) is 3.67. The lowest BCUT2D eigenvalue weighted by Crippen LogP contribution is -2.53. The highest BCUT2D eigenvalue weighted by atomic mass is 35.5. The number of anilines is 1. The molecule has 0 atom stereocenters. The lowest BCUT2D eigenvalue weighted by Gasteiger charge is -2.29. The Morgan fingerprint density at radius 1 is 1.16 bits per heavy atom. The summed E-state index contributed by atoms with van der Waals surface area (Å²) in [6, 6.07) is 4.93. The maximum absolute atomic E-state index is 12.5. The van der Waals surface area contributed by atoms with Gasteiger partial charge >= 0.3 is 0 Å². The standard InChI is InChI=1S/C13H14Cl2N2O2/c1-13(2)12(19)17(4-3-11(18)16-13)10-6-8(14)5-9(15)7-10/h5-7H,3-4H2,1-2H3,(H,16,18). The SMILES string of the molecule is CC1(C)NC(=O)CCN(c2cc(Cl)cc(Cl)c2)C1=O. The normalized spacial score (nSPS) is 19.1. The predicted molar refractivity (Wildman–Crippen MR) is 75.7 cm³/mol. The van der Waals surface area contributed by atoms with Crippen molar-refractivity contribution in [2.75, 3.05) is 11.4 Å². The van der Waals surface area contributed by atoms with Gasteiger partial charge in [0.2, 0.25) is 5.91 Å². The van der Waals surface area contributed by atoms with E-state index in [0.29, 0.717) is 22.3 Å². The first-order chi connectivity index (χ1) is 8.79. The average Bonchev–Trinajstić information content (AvgIpc) is 2.35. The molecular formula is C13H14Cl2N2O2. The monoisotopic (exact) mass is 300 g/mol. The van der Waals surface area contributed by atoms with Gasteiger partial charge in [-0.2, -0.15) is 0 Å². The second-order valence-corrected chi connectivity index (χ2v) is 5.88.